The van der Waals surface area contributed by atoms with Crippen LogP contribution in [0.25, 0.3) is 0 Å². The molecule has 19 heavy (non-hydrogen) atoms. The predicted molar refractivity (Wildman–Crippen MR) is 79.3 cm³/mol. The van der Waals surface area contributed by atoms with Gasteiger partial charge in [-0.3, -0.25) is 0 Å². The van der Waals surface area contributed by atoms with Crippen molar-refractivity contribution in [2.45, 2.75) is 32.9 Å². The summed E-state index contributed by atoms with van der Waals surface area (Å²) in [6.45, 7) is 7.42. The maximum atomic E-state index is 9.97. The van der Waals surface area contributed by atoms with Crippen LogP contribution in [-0.4, -0.2) is 42.4 Å². The third-order valence-electron chi connectivity index (χ3n) is 3.48. The Balaban J connectivity index is 2.35. The molecule has 1 rings (SSSR count). The van der Waals surface area contributed by atoms with Gasteiger partial charge in [0.15, 0.2) is 0 Å². The first kappa shape index (κ1) is 15.8. The monoisotopic (exact) mass is 266 g/mol. The summed E-state index contributed by atoms with van der Waals surface area (Å²) in [6.07, 6.45) is -0.497. The third-order valence-corrected chi connectivity index (χ3v) is 3.48. The van der Waals surface area contributed by atoms with E-state index in [4.69, 9.17) is 10.5 Å². The topological polar surface area (TPSA) is 58.7 Å². The van der Waals surface area contributed by atoms with E-state index in [1.54, 1.807) is 12.1 Å². The highest BCUT2D eigenvalue weighted by Crippen LogP contribution is 2.14. The Bertz CT molecular complexity index is 365. The first-order valence-corrected chi connectivity index (χ1v) is 6.76. The van der Waals surface area contributed by atoms with Gasteiger partial charge < -0.3 is 20.5 Å². The van der Waals surface area contributed by atoms with Gasteiger partial charge in [0.25, 0.3) is 0 Å². The smallest absolute Gasteiger partial charge is 0.119 e. The van der Waals surface area contributed by atoms with Gasteiger partial charge in [-0.1, -0.05) is 13.8 Å². The highest BCUT2D eigenvalue weighted by Gasteiger charge is 2.16. The summed E-state index contributed by atoms with van der Waals surface area (Å²) < 4.78 is 5.53. The molecule has 108 valence electrons. The number of nitrogen functional groups attached to an aromatic ring is 1. The fourth-order valence-corrected chi connectivity index (χ4v) is 1.82. The molecule has 0 aromatic heterocycles. The Kier molecular flexibility index (Phi) is 6.12. The minimum absolute atomic E-state index is 0.291. The predicted octanol–water partition coefficient (Wildman–Crippen LogP) is 1.98. The van der Waals surface area contributed by atoms with Crippen molar-refractivity contribution in [3.05, 3.63) is 24.3 Å². The van der Waals surface area contributed by atoms with Crippen LogP contribution in [0.2, 0.25) is 0 Å². The number of hydrogen-bond donors (Lipinski definition) is 2. The normalized spacial score (nSPS) is 14.7. The van der Waals surface area contributed by atoms with Gasteiger partial charge in [-0.2, -0.15) is 0 Å². The van der Waals surface area contributed by atoms with Crippen molar-refractivity contribution in [3.8, 4) is 5.75 Å². The molecule has 0 heterocycles. The number of aliphatic hydroxyl groups excluding tert-OH is 1. The van der Waals surface area contributed by atoms with Crippen molar-refractivity contribution in [1.82, 2.24) is 4.90 Å². The summed E-state index contributed by atoms with van der Waals surface area (Å²) >= 11 is 0. The maximum Gasteiger partial charge on any atom is 0.119 e. The van der Waals surface area contributed by atoms with Crippen LogP contribution in [0.5, 0.6) is 5.75 Å². The molecule has 2 atom stereocenters. The van der Waals surface area contributed by atoms with Crippen molar-refractivity contribution in [3.63, 3.8) is 0 Å². The van der Waals surface area contributed by atoms with Gasteiger partial charge in [0.05, 0.1) is 0 Å². The Morgan fingerprint density at radius 2 is 1.79 bits per heavy atom. The minimum Gasteiger partial charge on any atom is -0.491 e. The van der Waals surface area contributed by atoms with Crippen molar-refractivity contribution in [2.24, 2.45) is 5.92 Å². The first-order chi connectivity index (χ1) is 8.90. The van der Waals surface area contributed by atoms with Crippen molar-refractivity contribution in [1.29, 1.82) is 0 Å². The van der Waals surface area contributed by atoms with Crippen LogP contribution >= 0.6 is 0 Å². The molecule has 0 spiro atoms. The number of hydrogen-bond acceptors (Lipinski definition) is 4. The number of nitrogens with two attached hydrogens (primary N) is 1. The zero-order valence-electron chi connectivity index (χ0n) is 12.3. The molecule has 1 aromatic carbocycles. The minimum atomic E-state index is -0.497. The van der Waals surface area contributed by atoms with Crippen LogP contribution in [0.1, 0.15) is 20.8 Å². The standard InChI is InChI=1S/C15H26N2O2/c1-11(2)12(3)17(4)9-14(18)10-19-15-7-5-13(16)6-8-15/h5-8,11-12,14,18H,9-10,16H2,1-4H3. The second-order valence-electron chi connectivity index (χ2n) is 5.46. The molecule has 4 nitrogen and oxygen atoms in total. The number of aliphatic hydroxyl groups is 1. The zero-order valence-corrected chi connectivity index (χ0v) is 12.3. The molecular formula is C15H26N2O2. The van der Waals surface area contributed by atoms with Crippen LogP contribution < -0.4 is 10.5 Å². The van der Waals surface area contributed by atoms with Gasteiger partial charge in [0, 0.05) is 18.3 Å². The number of nitrogens with zero attached hydrogens (tertiary/aromatic N) is 1. The van der Waals surface area contributed by atoms with Gasteiger partial charge in [0.2, 0.25) is 0 Å². The fraction of sp³-hybridized carbons (Fsp3) is 0.600. The molecule has 0 fully saturated rings. The second-order valence-corrected chi connectivity index (χ2v) is 5.46. The van der Waals surface area contributed by atoms with Crippen LogP contribution in [-0.2, 0) is 0 Å². The largest absolute Gasteiger partial charge is 0.491 e. The molecule has 2 unspecified atom stereocenters. The van der Waals surface area contributed by atoms with Crippen molar-refractivity contribution >= 4 is 5.69 Å². The van der Waals surface area contributed by atoms with E-state index in [1.807, 2.05) is 19.2 Å². The van der Waals surface area contributed by atoms with E-state index in [0.717, 1.165) is 5.75 Å². The van der Waals surface area contributed by atoms with E-state index in [2.05, 4.69) is 25.7 Å². The summed E-state index contributed by atoms with van der Waals surface area (Å²) in [5, 5.41) is 9.97. The van der Waals surface area contributed by atoms with E-state index >= 15 is 0 Å². The SMILES string of the molecule is CC(C)C(C)N(C)CC(O)COc1ccc(N)cc1. The lowest BCUT2D eigenvalue weighted by atomic mass is 10.1. The van der Waals surface area contributed by atoms with Crippen molar-refractivity contribution < 1.29 is 9.84 Å². The van der Waals surface area contributed by atoms with Crippen LogP contribution in [0, 0.1) is 5.92 Å². The summed E-state index contributed by atoms with van der Waals surface area (Å²) in [5.74, 6) is 1.29. The Morgan fingerprint density at radius 1 is 1.21 bits per heavy atom. The Labute approximate surface area is 116 Å². The molecule has 0 aliphatic carbocycles. The third kappa shape index (κ3) is 5.49. The molecule has 1 aromatic rings. The molecule has 0 amide bonds. The highest BCUT2D eigenvalue weighted by molar-refractivity contribution is 5.41. The molecule has 4 heteroatoms. The summed E-state index contributed by atoms with van der Waals surface area (Å²) in [7, 11) is 2.02. The lowest BCUT2D eigenvalue weighted by Gasteiger charge is -2.29. The first-order valence-electron chi connectivity index (χ1n) is 6.76. The summed E-state index contributed by atoms with van der Waals surface area (Å²) in [6, 6.07) is 7.63. The molecule has 0 radical (unpaired) electrons. The van der Waals surface area contributed by atoms with Gasteiger partial charge in [-0.15, -0.1) is 0 Å². The second kappa shape index (κ2) is 7.36. The van der Waals surface area contributed by atoms with Gasteiger partial charge in [0.1, 0.15) is 18.5 Å². The Morgan fingerprint density at radius 3 is 2.32 bits per heavy atom. The maximum absolute atomic E-state index is 9.97. The van der Waals surface area contributed by atoms with E-state index in [1.165, 1.54) is 0 Å². The van der Waals surface area contributed by atoms with E-state index in [0.29, 0.717) is 30.8 Å². The number of ether oxygens (including phenoxy) is 1. The van der Waals surface area contributed by atoms with Crippen molar-refractivity contribution in [2.75, 3.05) is 25.9 Å². The molecule has 0 aliphatic rings. The molecule has 0 bridgehead atoms. The average Bonchev–Trinajstić information content (AvgIpc) is 2.37. The number of anilines is 1. The molecule has 0 saturated heterocycles. The Hall–Kier alpha value is -1.26. The van der Waals surface area contributed by atoms with Gasteiger partial charge in [-0.25, -0.2) is 0 Å². The summed E-state index contributed by atoms with van der Waals surface area (Å²) in [4.78, 5) is 2.15. The molecule has 0 saturated carbocycles. The highest BCUT2D eigenvalue weighted by atomic mass is 16.5. The van der Waals surface area contributed by atoms with E-state index in [-0.39, 0.29) is 0 Å². The number of likely N-dealkylation sites (N-methyl/N-ethyl adjacent to an activating group) is 1. The zero-order chi connectivity index (χ0) is 14.4. The fourth-order valence-electron chi connectivity index (χ4n) is 1.82. The van der Waals surface area contributed by atoms with Gasteiger partial charge in [-0.05, 0) is 44.2 Å². The molecular weight excluding hydrogens is 240 g/mol. The lowest BCUT2D eigenvalue weighted by Crippen LogP contribution is -2.40. The number of rotatable bonds is 7. The quantitative estimate of drug-likeness (QED) is 0.741. The number of benzene rings is 1. The van der Waals surface area contributed by atoms with Crippen LogP contribution in [0.3, 0.4) is 0 Å². The lowest BCUT2D eigenvalue weighted by molar-refractivity contribution is 0.0583. The average molecular weight is 266 g/mol. The molecule has 0 aliphatic heterocycles. The van der Waals surface area contributed by atoms with Crippen LogP contribution in [0.15, 0.2) is 24.3 Å². The van der Waals surface area contributed by atoms with Crippen LogP contribution in [0.4, 0.5) is 5.69 Å². The van der Waals surface area contributed by atoms with E-state index in [9.17, 15) is 5.11 Å². The van der Waals surface area contributed by atoms with E-state index < -0.39 is 6.10 Å². The summed E-state index contributed by atoms with van der Waals surface area (Å²) in [5.41, 5.74) is 6.31. The van der Waals surface area contributed by atoms with Gasteiger partial charge >= 0.3 is 0 Å². The molecule has 3 N–H and O–H groups in total.